The Hall–Kier alpha value is -2.32. The number of amides is 2. The summed E-state index contributed by atoms with van der Waals surface area (Å²) < 4.78 is -0.771. The van der Waals surface area contributed by atoms with Gasteiger partial charge in [-0.3, -0.25) is 14.4 Å². The van der Waals surface area contributed by atoms with Gasteiger partial charge in [-0.2, -0.15) is 0 Å². The van der Waals surface area contributed by atoms with E-state index in [4.69, 9.17) is 0 Å². The number of anilines is 1. The molecule has 166 valence electrons. The van der Waals surface area contributed by atoms with E-state index in [-0.39, 0.29) is 36.8 Å². The largest absolute Gasteiger partial charge is 0.481 e. The van der Waals surface area contributed by atoms with E-state index in [0.717, 1.165) is 16.8 Å². The lowest BCUT2D eigenvalue weighted by Crippen LogP contribution is -2.55. The maximum atomic E-state index is 14.1. The third-order valence-corrected chi connectivity index (χ3v) is 8.90. The molecule has 3 aliphatic heterocycles. The first kappa shape index (κ1) is 21.9. The molecule has 2 bridgehead atoms. The van der Waals surface area contributed by atoms with Crippen LogP contribution in [0.25, 0.3) is 0 Å². The van der Waals surface area contributed by atoms with Crippen LogP contribution in [0.1, 0.15) is 24.0 Å². The van der Waals surface area contributed by atoms with Crippen LogP contribution in [0.15, 0.2) is 30.9 Å². The van der Waals surface area contributed by atoms with E-state index >= 15 is 0 Å². The minimum atomic E-state index is -0.979. The van der Waals surface area contributed by atoms with Gasteiger partial charge in [0, 0.05) is 24.0 Å². The number of thioether (sulfide) groups is 1. The van der Waals surface area contributed by atoms with Gasteiger partial charge in [0.15, 0.2) is 0 Å². The number of aliphatic hydroxyl groups is 1. The summed E-state index contributed by atoms with van der Waals surface area (Å²) in [6.45, 7) is 7.70. The number of nitrogens with zero attached hydrogens (tertiary/aromatic N) is 2. The first-order chi connectivity index (χ1) is 14.8. The van der Waals surface area contributed by atoms with Crippen molar-refractivity contribution < 1.29 is 24.6 Å². The molecule has 31 heavy (non-hydrogen) atoms. The summed E-state index contributed by atoms with van der Waals surface area (Å²) in [6.07, 6.45) is 2.95. The SMILES string of the molecule is C=CCN(C(=O)C1N(CCO)C(=O)[C@@H]2[C@@H](C(=O)O)[C@H]3CCC12S3)c1c(C)cccc1C. The number of carboxylic acids is 1. The van der Waals surface area contributed by atoms with Crippen LogP contribution in [0.4, 0.5) is 5.69 Å². The molecule has 3 fully saturated rings. The Morgan fingerprint density at radius 2 is 2.03 bits per heavy atom. The molecular weight excluding hydrogens is 416 g/mol. The number of hydrogen-bond donors (Lipinski definition) is 2. The van der Waals surface area contributed by atoms with Crippen molar-refractivity contribution in [3.05, 3.63) is 42.0 Å². The molecule has 3 aliphatic rings. The van der Waals surface area contributed by atoms with Crippen molar-refractivity contribution in [3.8, 4) is 0 Å². The predicted octanol–water partition coefficient (Wildman–Crippen LogP) is 1.99. The molecule has 8 heteroatoms. The predicted molar refractivity (Wildman–Crippen MR) is 119 cm³/mol. The van der Waals surface area contributed by atoms with Gasteiger partial charge in [0.05, 0.1) is 23.2 Å². The Bertz CT molecular complexity index is 930. The number of aliphatic carboxylic acids is 1. The van der Waals surface area contributed by atoms with Crippen molar-refractivity contribution in [1.82, 2.24) is 4.90 Å². The van der Waals surface area contributed by atoms with Crippen molar-refractivity contribution in [1.29, 1.82) is 0 Å². The van der Waals surface area contributed by atoms with Crippen molar-refractivity contribution in [2.24, 2.45) is 11.8 Å². The minimum Gasteiger partial charge on any atom is -0.481 e. The normalized spacial score (nSPS) is 31.1. The molecule has 0 aliphatic carbocycles. The fraction of sp³-hybridized carbons (Fsp3) is 0.522. The molecule has 7 nitrogen and oxygen atoms in total. The van der Waals surface area contributed by atoms with E-state index in [1.807, 2.05) is 32.0 Å². The van der Waals surface area contributed by atoms with Crippen molar-refractivity contribution >= 4 is 35.2 Å². The van der Waals surface area contributed by atoms with E-state index < -0.39 is 28.6 Å². The van der Waals surface area contributed by atoms with Gasteiger partial charge < -0.3 is 20.0 Å². The number of likely N-dealkylation sites (tertiary alicyclic amines) is 1. The molecule has 3 heterocycles. The summed E-state index contributed by atoms with van der Waals surface area (Å²) in [6, 6.07) is 5.00. The number of β-amino-alcohol motifs (C(OH)–C–C–N with tert-alkyl or cyclic N) is 1. The third kappa shape index (κ3) is 3.10. The molecule has 3 saturated heterocycles. The molecule has 0 aromatic heterocycles. The summed E-state index contributed by atoms with van der Waals surface area (Å²) in [5.41, 5.74) is 2.67. The van der Waals surface area contributed by atoms with Crippen molar-refractivity contribution in [2.75, 3.05) is 24.6 Å². The Kier molecular flexibility index (Phi) is 5.64. The second kappa shape index (κ2) is 7.98. The number of aryl methyl sites for hydroxylation is 2. The van der Waals surface area contributed by atoms with Gasteiger partial charge in [-0.15, -0.1) is 18.3 Å². The lowest BCUT2D eigenvalue weighted by atomic mass is 9.71. The summed E-state index contributed by atoms with van der Waals surface area (Å²) in [5, 5.41) is 19.3. The van der Waals surface area contributed by atoms with Gasteiger partial charge in [0.25, 0.3) is 5.91 Å². The first-order valence-electron chi connectivity index (χ1n) is 10.6. The highest BCUT2D eigenvalue weighted by Crippen LogP contribution is 2.66. The Morgan fingerprint density at radius 1 is 1.35 bits per heavy atom. The maximum Gasteiger partial charge on any atom is 0.308 e. The summed E-state index contributed by atoms with van der Waals surface area (Å²) in [7, 11) is 0. The highest BCUT2D eigenvalue weighted by Gasteiger charge is 2.74. The molecule has 2 unspecified atom stereocenters. The van der Waals surface area contributed by atoms with Crippen LogP contribution >= 0.6 is 11.8 Å². The van der Waals surface area contributed by atoms with E-state index in [2.05, 4.69) is 6.58 Å². The molecule has 2 amide bonds. The Labute approximate surface area is 186 Å². The van der Waals surface area contributed by atoms with Gasteiger partial charge in [-0.05, 0) is 37.8 Å². The number of aliphatic hydroxyl groups excluding tert-OH is 1. The van der Waals surface area contributed by atoms with Gasteiger partial charge in [-0.1, -0.05) is 24.3 Å². The van der Waals surface area contributed by atoms with Crippen LogP contribution in [-0.4, -0.2) is 68.6 Å². The van der Waals surface area contributed by atoms with E-state index in [0.29, 0.717) is 12.8 Å². The van der Waals surface area contributed by atoms with Crippen LogP contribution in [0, 0.1) is 25.7 Å². The molecule has 2 N–H and O–H groups in total. The highest BCUT2D eigenvalue weighted by atomic mass is 32.2. The fourth-order valence-corrected chi connectivity index (χ4v) is 8.07. The minimum absolute atomic E-state index is 0.0136. The smallest absolute Gasteiger partial charge is 0.308 e. The quantitative estimate of drug-likeness (QED) is 0.624. The van der Waals surface area contributed by atoms with Crippen LogP contribution in [0.5, 0.6) is 0 Å². The van der Waals surface area contributed by atoms with E-state index in [1.54, 1.807) is 11.0 Å². The number of carboxylic acid groups (broad SMARTS) is 1. The summed E-state index contributed by atoms with van der Waals surface area (Å²) >= 11 is 1.50. The number of rotatable bonds is 7. The first-order valence-corrected chi connectivity index (χ1v) is 11.5. The number of benzene rings is 1. The van der Waals surface area contributed by atoms with Crippen LogP contribution in [0.3, 0.4) is 0 Å². The highest BCUT2D eigenvalue weighted by molar-refractivity contribution is 8.02. The van der Waals surface area contributed by atoms with Gasteiger partial charge in [-0.25, -0.2) is 0 Å². The molecule has 5 atom stereocenters. The maximum absolute atomic E-state index is 14.1. The Balaban J connectivity index is 1.82. The second-order valence-corrected chi connectivity index (χ2v) is 10.2. The number of fused-ring (bicyclic) bond motifs is 1. The molecule has 1 spiro atoms. The van der Waals surface area contributed by atoms with Crippen LogP contribution < -0.4 is 4.90 Å². The number of para-hydroxylation sites is 1. The standard InChI is InChI=1S/C23H28N2O5S/c1-4-10-24(18-13(2)6-5-7-14(18)3)21(28)19-23-9-8-15(31-23)16(22(29)30)17(23)20(27)25(19)11-12-26/h4-7,15-17,19,26H,1,8-12H2,2-3H3,(H,29,30)/t15-,16+,17+,19?,23?/m1/s1. The summed E-state index contributed by atoms with van der Waals surface area (Å²) in [4.78, 5) is 42.6. The average molecular weight is 445 g/mol. The topological polar surface area (TPSA) is 98.2 Å². The van der Waals surface area contributed by atoms with Gasteiger partial charge in [0.2, 0.25) is 5.91 Å². The van der Waals surface area contributed by atoms with Gasteiger partial charge >= 0.3 is 5.97 Å². The van der Waals surface area contributed by atoms with Crippen molar-refractivity contribution in [2.45, 2.75) is 42.7 Å². The van der Waals surface area contributed by atoms with Crippen LogP contribution in [0.2, 0.25) is 0 Å². The molecule has 1 aromatic carbocycles. The van der Waals surface area contributed by atoms with Gasteiger partial charge in [0.1, 0.15) is 6.04 Å². The van der Waals surface area contributed by atoms with Crippen LogP contribution in [-0.2, 0) is 14.4 Å². The molecule has 4 rings (SSSR count). The zero-order valence-electron chi connectivity index (χ0n) is 17.8. The second-order valence-electron chi connectivity index (χ2n) is 8.63. The number of carbonyl (C=O) groups is 3. The zero-order valence-corrected chi connectivity index (χ0v) is 18.6. The number of carbonyl (C=O) groups excluding carboxylic acids is 2. The fourth-order valence-electron chi connectivity index (χ4n) is 5.86. The molecule has 0 saturated carbocycles. The average Bonchev–Trinajstić information content (AvgIpc) is 3.35. The lowest BCUT2D eigenvalue weighted by molar-refractivity contribution is -0.148. The monoisotopic (exact) mass is 444 g/mol. The lowest BCUT2D eigenvalue weighted by Gasteiger charge is -2.37. The third-order valence-electron chi connectivity index (χ3n) is 6.95. The molecule has 0 radical (unpaired) electrons. The number of hydrogen-bond acceptors (Lipinski definition) is 5. The summed E-state index contributed by atoms with van der Waals surface area (Å²) in [5.74, 6) is -3.07. The molecular formula is C23H28N2O5S. The van der Waals surface area contributed by atoms with Crippen molar-refractivity contribution in [3.63, 3.8) is 0 Å². The van der Waals surface area contributed by atoms with E-state index in [9.17, 15) is 24.6 Å². The van der Waals surface area contributed by atoms with E-state index in [1.165, 1.54) is 16.7 Å². The Morgan fingerprint density at radius 3 is 2.61 bits per heavy atom. The zero-order chi connectivity index (χ0) is 22.5. The molecule has 1 aromatic rings.